The third-order valence-corrected chi connectivity index (χ3v) is 4.10. The second-order valence-corrected chi connectivity index (χ2v) is 7.21. The molecule has 1 rings (SSSR count). The zero-order valence-electron chi connectivity index (χ0n) is 12.1. The molecule has 0 fully saturated rings. The Bertz CT molecular complexity index is 655. The first-order valence-electron chi connectivity index (χ1n) is 6.69. The first kappa shape index (κ1) is 17.9. The van der Waals surface area contributed by atoms with Crippen molar-refractivity contribution in [1.29, 1.82) is 0 Å². The van der Waals surface area contributed by atoms with E-state index in [0.717, 1.165) is 24.5 Å². The summed E-state index contributed by atoms with van der Waals surface area (Å²) in [7, 11) is -6.06. The quantitative estimate of drug-likeness (QED) is 0.537. The number of benzene rings is 1. The maximum Gasteiger partial charge on any atom is 0.264 e. The molecule has 0 radical (unpaired) electrons. The van der Waals surface area contributed by atoms with Crippen molar-refractivity contribution in [3.8, 4) is 0 Å². The summed E-state index contributed by atoms with van der Waals surface area (Å²) in [6.07, 6.45) is 2.34. The van der Waals surface area contributed by atoms with Crippen molar-refractivity contribution in [2.45, 2.75) is 38.2 Å². The lowest BCUT2D eigenvalue weighted by Crippen LogP contribution is -2.26. The smallest absolute Gasteiger partial charge is 0.264 e. The fourth-order valence-corrected chi connectivity index (χ4v) is 3.33. The van der Waals surface area contributed by atoms with Crippen LogP contribution in [0.1, 0.15) is 37.7 Å². The van der Waals surface area contributed by atoms with E-state index in [1.165, 1.54) is 0 Å². The SMILES string of the molecule is CCCCC(OS(C)(=O)=O)C(C=S(=O)=O)c1ccccc1. The summed E-state index contributed by atoms with van der Waals surface area (Å²) in [6.45, 7) is 1.98. The second kappa shape index (κ2) is 8.31. The fraction of sp³-hybridized carbons (Fsp3) is 0.500. The first-order valence-corrected chi connectivity index (χ1v) is 9.65. The van der Waals surface area contributed by atoms with Crippen LogP contribution < -0.4 is 0 Å². The van der Waals surface area contributed by atoms with E-state index in [2.05, 4.69) is 0 Å². The highest BCUT2D eigenvalue weighted by Crippen LogP contribution is 2.25. The van der Waals surface area contributed by atoms with E-state index in [1.807, 2.05) is 13.0 Å². The van der Waals surface area contributed by atoms with Gasteiger partial charge in [-0.2, -0.15) is 16.8 Å². The highest BCUT2D eigenvalue weighted by atomic mass is 32.2. The highest BCUT2D eigenvalue weighted by molar-refractivity contribution is 7.86. The summed E-state index contributed by atoms with van der Waals surface area (Å²) in [5.74, 6) is -0.620. The van der Waals surface area contributed by atoms with Gasteiger partial charge in [-0.25, -0.2) is 0 Å². The van der Waals surface area contributed by atoms with Gasteiger partial charge in [0.15, 0.2) is 0 Å². The number of hydrogen-bond donors (Lipinski definition) is 0. The number of unbranched alkanes of at least 4 members (excludes halogenated alkanes) is 1. The van der Waals surface area contributed by atoms with Gasteiger partial charge in [0.1, 0.15) is 0 Å². The van der Waals surface area contributed by atoms with E-state index in [4.69, 9.17) is 4.18 Å². The monoisotopic (exact) mass is 332 g/mol. The van der Waals surface area contributed by atoms with E-state index >= 15 is 0 Å². The van der Waals surface area contributed by atoms with Crippen molar-refractivity contribution in [2.24, 2.45) is 0 Å². The Kier molecular flexibility index (Phi) is 7.07. The van der Waals surface area contributed by atoms with Gasteiger partial charge in [0.05, 0.1) is 12.4 Å². The molecule has 0 N–H and O–H groups in total. The van der Waals surface area contributed by atoms with E-state index < -0.39 is 32.4 Å². The number of rotatable bonds is 8. The van der Waals surface area contributed by atoms with Crippen LogP contribution in [0, 0.1) is 0 Å². The summed E-state index contributed by atoms with van der Waals surface area (Å²) < 4.78 is 50.1. The Morgan fingerprint density at radius 3 is 2.33 bits per heavy atom. The van der Waals surface area contributed by atoms with Gasteiger partial charge in [-0.05, 0) is 12.0 Å². The molecular formula is C14H20O5S2. The van der Waals surface area contributed by atoms with E-state index in [1.54, 1.807) is 24.3 Å². The molecule has 1 aromatic carbocycles. The summed E-state index contributed by atoms with van der Waals surface area (Å²) in [5.41, 5.74) is 0.714. The minimum atomic E-state index is -3.66. The maximum absolute atomic E-state index is 11.4. The largest absolute Gasteiger partial charge is 0.266 e. The van der Waals surface area contributed by atoms with Crippen LogP contribution in [0.2, 0.25) is 0 Å². The van der Waals surface area contributed by atoms with Crippen LogP contribution in [0.15, 0.2) is 30.3 Å². The lowest BCUT2D eigenvalue weighted by Gasteiger charge is -2.23. The van der Waals surface area contributed by atoms with Crippen LogP contribution in [-0.2, 0) is 24.6 Å². The Morgan fingerprint density at radius 1 is 1.24 bits per heavy atom. The van der Waals surface area contributed by atoms with Gasteiger partial charge in [-0.15, -0.1) is 0 Å². The maximum atomic E-state index is 11.4. The average Bonchev–Trinajstić information content (AvgIpc) is 2.40. The molecule has 0 amide bonds. The zero-order chi connectivity index (χ0) is 15.9. The van der Waals surface area contributed by atoms with E-state index in [-0.39, 0.29) is 0 Å². The van der Waals surface area contributed by atoms with Crippen LogP contribution in [0.25, 0.3) is 0 Å². The normalized spacial score (nSPS) is 14.4. The minimum Gasteiger partial charge on any atom is -0.266 e. The standard InChI is InChI=1S/C14H20O5S2/c1-3-4-10-14(19-21(2,17)18)13(11-20(15)16)12-8-6-5-7-9-12/h5-9,11,13-14H,3-4,10H2,1-2H3. The lowest BCUT2D eigenvalue weighted by atomic mass is 9.92. The molecular weight excluding hydrogens is 312 g/mol. The fourth-order valence-electron chi connectivity index (χ4n) is 2.09. The molecule has 0 aromatic heterocycles. The predicted molar refractivity (Wildman–Crippen MR) is 83.4 cm³/mol. The Balaban J connectivity index is 3.19. The molecule has 5 nitrogen and oxygen atoms in total. The molecule has 0 saturated heterocycles. The Labute approximate surface area is 127 Å². The Morgan fingerprint density at radius 2 is 1.86 bits per heavy atom. The molecule has 2 unspecified atom stereocenters. The predicted octanol–water partition coefficient (Wildman–Crippen LogP) is 1.99. The van der Waals surface area contributed by atoms with Gasteiger partial charge < -0.3 is 0 Å². The molecule has 0 aliphatic heterocycles. The van der Waals surface area contributed by atoms with Gasteiger partial charge in [-0.1, -0.05) is 50.1 Å². The van der Waals surface area contributed by atoms with Crippen molar-refractivity contribution in [2.75, 3.05) is 6.26 Å². The van der Waals surface area contributed by atoms with E-state index in [9.17, 15) is 16.8 Å². The van der Waals surface area contributed by atoms with Gasteiger partial charge in [0.2, 0.25) is 10.3 Å². The zero-order valence-corrected chi connectivity index (χ0v) is 13.7. The molecule has 0 saturated carbocycles. The Hall–Kier alpha value is -1.18. The van der Waals surface area contributed by atoms with Gasteiger partial charge in [0, 0.05) is 11.3 Å². The topological polar surface area (TPSA) is 77.5 Å². The van der Waals surface area contributed by atoms with Gasteiger partial charge >= 0.3 is 0 Å². The number of hydrogen-bond acceptors (Lipinski definition) is 5. The molecule has 0 bridgehead atoms. The van der Waals surface area contributed by atoms with Crippen LogP contribution >= 0.6 is 0 Å². The van der Waals surface area contributed by atoms with E-state index in [0.29, 0.717) is 12.0 Å². The molecule has 0 aliphatic rings. The van der Waals surface area contributed by atoms with Crippen molar-refractivity contribution < 1.29 is 21.0 Å². The molecule has 2 atom stereocenters. The molecule has 0 aliphatic carbocycles. The molecule has 0 spiro atoms. The molecule has 21 heavy (non-hydrogen) atoms. The molecule has 118 valence electrons. The minimum absolute atomic E-state index is 0.469. The van der Waals surface area contributed by atoms with Crippen molar-refractivity contribution in [3.05, 3.63) is 35.9 Å². The van der Waals surface area contributed by atoms with Crippen molar-refractivity contribution in [1.82, 2.24) is 0 Å². The van der Waals surface area contributed by atoms with Gasteiger partial charge in [0.25, 0.3) is 10.1 Å². The third kappa shape index (κ3) is 6.88. The van der Waals surface area contributed by atoms with Crippen molar-refractivity contribution >= 4 is 25.8 Å². The van der Waals surface area contributed by atoms with Crippen LogP contribution in [0.4, 0.5) is 0 Å². The highest BCUT2D eigenvalue weighted by Gasteiger charge is 2.26. The molecule has 0 heterocycles. The molecule has 7 heteroatoms. The van der Waals surface area contributed by atoms with Crippen LogP contribution in [-0.4, -0.2) is 34.6 Å². The third-order valence-electron chi connectivity index (χ3n) is 2.98. The van der Waals surface area contributed by atoms with Crippen molar-refractivity contribution in [3.63, 3.8) is 0 Å². The second-order valence-electron chi connectivity index (χ2n) is 4.81. The van der Waals surface area contributed by atoms with Crippen LogP contribution in [0.5, 0.6) is 0 Å². The summed E-state index contributed by atoms with van der Waals surface area (Å²) in [4.78, 5) is 0. The average molecular weight is 332 g/mol. The first-order chi connectivity index (χ1) is 9.83. The summed E-state index contributed by atoms with van der Waals surface area (Å²) >= 11 is 0. The van der Waals surface area contributed by atoms with Gasteiger partial charge in [-0.3, -0.25) is 4.18 Å². The lowest BCUT2D eigenvalue weighted by molar-refractivity contribution is 0.189. The summed E-state index contributed by atoms with van der Waals surface area (Å²) in [6, 6.07) is 8.90. The molecule has 1 aromatic rings. The summed E-state index contributed by atoms with van der Waals surface area (Å²) in [5, 5.41) is 1.10. The van der Waals surface area contributed by atoms with Crippen LogP contribution in [0.3, 0.4) is 0 Å².